The molecule has 21 heavy (non-hydrogen) atoms. The smallest absolute Gasteiger partial charge is 0.371 e. The predicted molar refractivity (Wildman–Crippen MR) is 77.8 cm³/mol. The Bertz CT molecular complexity index is 677. The lowest BCUT2D eigenvalue weighted by molar-refractivity contribution is 0.0655. The van der Waals surface area contributed by atoms with Gasteiger partial charge in [0.25, 0.3) is 0 Å². The van der Waals surface area contributed by atoms with Gasteiger partial charge in [0.2, 0.25) is 5.76 Å². The molecule has 0 aliphatic carbocycles. The summed E-state index contributed by atoms with van der Waals surface area (Å²) in [5, 5.41) is 19.2. The van der Waals surface area contributed by atoms with Gasteiger partial charge in [-0.05, 0) is 42.2 Å². The number of nitrogens with zero attached hydrogens (tertiary/aromatic N) is 1. The van der Waals surface area contributed by atoms with Gasteiger partial charge in [0, 0.05) is 19.3 Å². The van der Waals surface area contributed by atoms with Crippen LogP contribution in [0.3, 0.4) is 0 Å². The zero-order valence-corrected chi connectivity index (χ0v) is 11.7. The fraction of sp³-hybridized carbons (Fsp3) is 0.312. The molecule has 5 heteroatoms. The second kappa shape index (κ2) is 5.26. The van der Waals surface area contributed by atoms with Gasteiger partial charge in [0.05, 0.1) is 0 Å². The molecule has 0 spiro atoms. The van der Waals surface area contributed by atoms with Crippen molar-refractivity contribution in [2.45, 2.75) is 18.9 Å². The number of furan rings is 1. The third kappa shape index (κ3) is 2.52. The summed E-state index contributed by atoms with van der Waals surface area (Å²) in [6.07, 6.45) is 1.13. The molecule has 110 valence electrons. The number of hydrogen-bond acceptors (Lipinski definition) is 4. The van der Waals surface area contributed by atoms with Crippen LogP contribution in [0, 0.1) is 0 Å². The van der Waals surface area contributed by atoms with Crippen molar-refractivity contribution in [3.63, 3.8) is 0 Å². The first kappa shape index (κ1) is 13.7. The molecule has 1 atom stereocenters. The summed E-state index contributed by atoms with van der Waals surface area (Å²) in [5.74, 6) is -1.06. The van der Waals surface area contributed by atoms with E-state index in [1.54, 1.807) is 0 Å². The fourth-order valence-corrected chi connectivity index (χ4v) is 2.75. The normalized spacial score (nSPS) is 15.6. The standard InChI is InChI=1S/C16H17NO4/c1-17-8-2-3-10-9-11(4-5-12(10)17)15(18)13-6-7-14(21-13)16(19)20/h4-7,9,15,18H,2-3,8H2,1H3,(H,19,20). The van der Waals surface area contributed by atoms with Gasteiger partial charge in [-0.2, -0.15) is 0 Å². The van der Waals surface area contributed by atoms with Gasteiger partial charge in [-0.15, -0.1) is 0 Å². The van der Waals surface area contributed by atoms with Crippen LogP contribution < -0.4 is 4.90 Å². The minimum Gasteiger partial charge on any atom is -0.475 e. The molecule has 1 aromatic heterocycles. The van der Waals surface area contributed by atoms with E-state index in [4.69, 9.17) is 9.52 Å². The summed E-state index contributed by atoms with van der Waals surface area (Å²) >= 11 is 0. The molecule has 3 rings (SSSR count). The van der Waals surface area contributed by atoms with Crippen LogP contribution in [0.15, 0.2) is 34.7 Å². The second-order valence-electron chi connectivity index (χ2n) is 5.32. The number of anilines is 1. The average Bonchev–Trinajstić information content (AvgIpc) is 2.96. The Morgan fingerprint density at radius 1 is 1.33 bits per heavy atom. The van der Waals surface area contributed by atoms with Crippen molar-refractivity contribution < 1.29 is 19.4 Å². The van der Waals surface area contributed by atoms with Gasteiger partial charge in [0.15, 0.2) is 0 Å². The van der Waals surface area contributed by atoms with Crippen LogP contribution in [0.2, 0.25) is 0 Å². The summed E-state index contributed by atoms with van der Waals surface area (Å²) in [6, 6.07) is 8.67. The van der Waals surface area contributed by atoms with Gasteiger partial charge >= 0.3 is 5.97 Å². The van der Waals surface area contributed by atoms with E-state index in [0.29, 0.717) is 0 Å². The summed E-state index contributed by atoms with van der Waals surface area (Å²) in [4.78, 5) is 13.0. The van der Waals surface area contributed by atoms with E-state index in [0.717, 1.165) is 24.9 Å². The van der Waals surface area contributed by atoms with Gasteiger partial charge in [0.1, 0.15) is 11.9 Å². The van der Waals surface area contributed by atoms with E-state index < -0.39 is 12.1 Å². The number of benzene rings is 1. The molecule has 0 bridgehead atoms. The number of aliphatic hydroxyl groups excluding tert-OH is 1. The molecule has 2 heterocycles. The second-order valence-corrected chi connectivity index (χ2v) is 5.32. The molecule has 1 unspecified atom stereocenters. The van der Waals surface area contributed by atoms with E-state index in [-0.39, 0.29) is 11.5 Å². The average molecular weight is 287 g/mol. The highest BCUT2D eigenvalue weighted by Gasteiger charge is 2.20. The summed E-state index contributed by atoms with van der Waals surface area (Å²) in [5.41, 5.74) is 3.10. The molecule has 1 aliphatic heterocycles. The summed E-state index contributed by atoms with van der Waals surface area (Å²) < 4.78 is 5.17. The molecule has 0 saturated carbocycles. The number of hydrogen-bond donors (Lipinski definition) is 2. The van der Waals surface area contributed by atoms with Crippen molar-refractivity contribution in [3.05, 3.63) is 53.0 Å². The third-order valence-electron chi connectivity index (χ3n) is 3.88. The number of carbonyl (C=O) groups is 1. The Morgan fingerprint density at radius 3 is 2.86 bits per heavy atom. The summed E-state index contributed by atoms with van der Waals surface area (Å²) in [7, 11) is 2.06. The molecule has 1 aromatic carbocycles. The molecule has 2 N–H and O–H groups in total. The zero-order valence-electron chi connectivity index (χ0n) is 11.7. The van der Waals surface area contributed by atoms with Crippen molar-refractivity contribution in [3.8, 4) is 0 Å². The first-order valence-electron chi connectivity index (χ1n) is 6.91. The Hall–Kier alpha value is -2.27. The number of aliphatic hydroxyl groups is 1. The molecule has 0 fully saturated rings. The maximum absolute atomic E-state index is 10.8. The SMILES string of the molecule is CN1CCCc2cc(C(O)c3ccc(C(=O)O)o3)ccc21. The number of aromatic carboxylic acids is 1. The van der Waals surface area contributed by atoms with Crippen LogP contribution in [0.4, 0.5) is 5.69 Å². The minimum atomic E-state index is -1.14. The first-order valence-corrected chi connectivity index (χ1v) is 6.91. The lowest BCUT2D eigenvalue weighted by Gasteiger charge is -2.28. The van der Waals surface area contributed by atoms with Crippen LogP contribution >= 0.6 is 0 Å². The monoisotopic (exact) mass is 287 g/mol. The number of carboxylic acids is 1. The number of rotatable bonds is 3. The van der Waals surface area contributed by atoms with E-state index >= 15 is 0 Å². The molecule has 0 amide bonds. The zero-order chi connectivity index (χ0) is 15.0. The molecule has 2 aromatic rings. The van der Waals surface area contributed by atoms with Crippen LogP contribution in [0.1, 0.15) is 40.0 Å². The molecule has 5 nitrogen and oxygen atoms in total. The topological polar surface area (TPSA) is 73.9 Å². The molecular weight excluding hydrogens is 270 g/mol. The van der Waals surface area contributed by atoms with Crippen molar-refractivity contribution in [2.75, 3.05) is 18.5 Å². The summed E-state index contributed by atoms with van der Waals surface area (Å²) in [6.45, 7) is 1.04. The molecule has 0 saturated heterocycles. The Kier molecular flexibility index (Phi) is 3.43. The van der Waals surface area contributed by atoms with Crippen molar-refractivity contribution in [1.29, 1.82) is 0 Å². The number of aryl methyl sites for hydroxylation is 1. The highest BCUT2D eigenvalue weighted by molar-refractivity contribution is 5.84. The maximum atomic E-state index is 10.8. The van der Waals surface area contributed by atoms with E-state index in [1.165, 1.54) is 23.4 Å². The van der Waals surface area contributed by atoms with Crippen LogP contribution in [0.25, 0.3) is 0 Å². The largest absolute Gasteiger partial charge is 0.475 e. The van der Waals surface area contributed by atoms with Gasteiger partial charge in [-0.1, -0.05) is 12.1 Å². The van der Waals surface area contributed by atoms with Gasteiger partial charge in [-0.25, -0.2) is 4.79 Å². The Labute approximate surface area is 122 Å². The first-order chi connectivity index (χ1) is 10.1. The minimum absolute atomic E-state index is 0.165. The third-order valence-corrected chi connectivity index (χ3v) is 3.88. The van der Waals surface area contributed by atoms with Crippen molar-refractivity contribution in [1.82, 2.24) is 0 Å². The van der Waals surface area contributed by atoms with E-state index in [2.05, 4.69) is 11.9 Å². The van der Waals surface area contributed by atoms with Crippen molar-refractivity contribution >= 4 is 11.7 Å². The highest BCUT2D eigenvalue weighted by atomic mass is 16.4. The van der Waals surface area contributed by atoms with Crippen LogP contribution in [-0.2, 0) is 6.42 Å². The lowest BCUT2D eigenvalue weighted by Crippen LogP contribution is -2.24. The predicted octanol–water partition coefficient (Wildman–Crippen LogP) is 2.44. The van der Waals surface area contributed by atoms with Crippen LogP contribution in [-0.4, -0.2) is 29.8 Å². The van der Waals surface area contributed by atoms with Gasteiger partial charge < -0.3 is 19.5 Å². The lowest BCUT2D eigenvalue weighted by atomic mass is 9.97. The van der Waals surface area contributed by atoms with E-state index in [1.807, 2.05) is 18.2 Å². The number of carboxylic acid groups (broad SMARTS) is 1. The van der Waals surface area contributed by atoms with E-state index in [9.17, 15) is 9.90 Å². The molecule has 1 aliphatic rings. The van der Waals surface area contributed by atoms with Crippen LogP contribution in [0.5, 0.6) is 0 Å². The maximum Gasteiger partial charge on any atom is 0.371 e. The Morgan fingerprint density at radius 2 is 2.14 bits per heavy atom. The fourth-order valence-electron chi connectivity index (χ4n) is 2.75. The number of fused-ring (bicyclic) bond motifs is 1. The van der Waals surface area contributed by atoms with Gasteiger partial charge in [-0.3, -0.25) is 0 Å². The quantitative estimate of drug-likeness (QED) is 0.907. The highest BCUT2D eigenvalue weighted by Crippen LogP contribution is 2.31. The van der Waals surface area contributed by atoms with Crippen molar-refractivity contribution in [2.24, 2.45) is 0 Å². The molecular formula is C16H17NO4. The Balaban J connectivity index is 1.90. The molecule has 0 radical (unpaired) electrons.